The van der Waals surface area contributed by atoms with E-state index >= 15 is 0 Å². The van der Waals surface area contributed by atoms with E-state index in [0.717, 1.165) is 21.4 Å². The molecule has 0 saturated carbocycles. The van der Waals surface area contributed by atoms with Crippen molar-refractivity contribution < 1.29 is 17.9 Å². The zero-order chi connectivity index (χ0) is 19.1. The fraction of sp³-hybridized carbons (Fsp3) is 0.294. The van der Waals surface area contributed by atoms with Crippen molar-refractivity contribution in [3.05, 3.63) is 44.4 Å². The van der Waals surface area contributed by atoms with Gasteiger partial charge < -0.3 is 4.74 Å². The number of benzene rings is 1. The molecular weight excluding hydrogens is 414 g/mol. The van der Waals surface area contributed by atoms with E-state index in [1.165, 1.54) is 11.3 Å². The molecule has 9 heteroatoms. The van der Waals surface area contributed by atoms with Crippen LogP contribution in [0, 0.1) is 13.8 Å². The highest BCUT2D eigenvalue weighted by molar-refractivity contribution is 7.93. The number of aromatic nitrogens is 1. The van der Waals surface area contributed by atoms with Gasteiger partial charge in [-0.05, 0) is 49.9 Å². The fourth-order valence-corrected chi connectivity index (χ4v) is 7.19. The van der Waals surface area contributed by atoms with E-state index in [1.807, 2.05) is 6.07 Å². The molecule has 0 unspecified atom stereocenters. The van der Waals surface area contributed by atoms with E-state index in [4.69, 9.17) is 16.3 Å². The number of hydrogen-bond donors (Lipinski definition) is 0. The lowest BCUT2D eigenvalue weighted by molar-refractivity contribution is 0.0531. The predicted octanol–water partition coefficient (Wildman–Crippen LogP) is 4.78. The van der Waals surface area contributed by atoms with Gasteiger partial charge in [0.15, 0.2) is 9.84 Å². The number of halogens is 1. The maximum Gasteiger partial charge on any atom is 0.350 e. The first-order chi connectivity index (χ1) is 12.2. The molecule has 0 N–H and O–H groups in total. The maximum atomic E-state index is 12.9. The molecule has 26 heavy (non-hydrogen) atoms. The molecule has 0 atom stereocenters. The number of aryl methyl sites for hydroxylation is 2. The van der Waals surface area contributed by atoms with Crippen LogP contribution < -0.4 is 0 Å². The number of rotatable bonds is 5. The topological polar surface area (TPSA) is 73.3 Å². The van der Waals surface area contributed by atoms with Gasteiger partial charge in [0.2, 0.25) is 0 Å². The molecule has 1 aromatic carbocycles. The summed E-state index contributed by atoms with van der Waals surface area (Å²) < 4.78 is 32.0. The number of ether oxygens (including phenoxy) is 1. The summed E-state index contributed by atoms with van der Waals surface area (Å²) in [4.78, 5) is 16.5. The average Bonchev–Trinajstić information content (AvgIpc) is 3.08. The van der Waals surface area contributed by atoms with Crippen molar-refractivity contribution >= 4 is 60.2 Å². The van der Waals surface area contributed by atoms with Crippen LogP contribution in [0.15, 0.2) is 22.4 Å². The fourth-order valence-electron chi connectivity index (χ4n) is 2.60. The number of sulfone groups is 1. The largest absolute Gasteiger partial charge is 0.462 e. The van der Waals surface area contributed by atoms with Crippen LogP contribution in [-0.2, 0) is 20.3 Å². The summed E-state index contributed by atoms with van der Waals surface area (Å²) >= 11 is 8.31. The van der Waals surface area contributed by atoms with E-state index < -0.39 is 15.8 Å². The molecule has 138 valence electrons. The summed E-state index contributed by atoms with van der Waals surface area (Å²) in [6.45, 7) is 5.42. The minimum Gasteiger partial charge on any atom is -0.462 e. The van der Waals surface area contributed by atoms with E-state index in [2.05, 4.69) is 4.98 Å². The van der Waals surface area contributed by atoms with Crippen LogP contribution >= 0.6 is 34.3 Å². The van der Waals surface area contributed by atoms with Crippen molar-refractivity contribution in [2.75, 3.05) is 6.61 Å². The van der Waals surface area contributed by atoms with Gasteiger partial charge in [0, 0.05) is 9.72 Å². The average molecular weight is 430 g/mol. The smallest absolute Gasteiger partial charge is 0.350 e. The van der Waals surface area contributed by atoms with E-state index in [-0.39, 0.29) is 12.4 Å². The molecule has 0 aliphatic carbocycles. The third-order valence-electron chi connectivity index (χ3n) is 3.75. The number of esters is 1. The van der Waals surface area contributed by atoms with Crippen molar-refractivity contribution in [3.8, 4) is 0 Å². The van der Waals surface area contributed by atoms with Crippen LogP contribution in [0.25, 0.3) is 10.1 Å². The molecule has 0 amide bonds. The molecule has 2 heterocycles. The van der Waals surface area contributed by atoms with Crippen molar-refractivity contribution in [2.24, 2.45) is 0 Å². The highest BCUT2D eigenvalue weighted by Gasteiger charge is 2.25. The predicted molar refractivity (Wildman–Crippen MR) is 105 cm³/mol. The number of nitrogens with zero attached hydrogens (tertiary/aromatic N) is 1. The summed E-state index contributed by atoms with van der Waals surface area (Å²) in [6, 6.07) is 5.33. The van der Waals surface area contributed by atoms with Crippen LogP contribution in [0.5, 0.6) is 0 Å². The number of fused-ring (bicyclic) bond motifs is 1. The van der Waals surface area contributed by atoms with Crippen LogP contribution in [0.1, 0.15) is 32.9 Å². The molecule has 0 radical (unpaired) electrons. The molecule has 0 bridgehead atoms. The Morgan fingerprint density at radius 3 is 2.69 bits per heavy atom. The van der Waals surface area contributed by atoms with Gasteiger partial charge in [0.05, 0.1) is 12.3 Å². The third-order valence-corrected chi connectivity index (χ3v) is 8.91. The third kappa shape index (κ3) is 3.64. The molecule has 3 aromatic rings. The van der Waals surface area contributed by atoms with Crippen LogP contribution in [0.2, 0.25) is 5.02 Å². The summed E-state index contributed by atoms with van der Waals surface area (Å²) in [6.07, 6.45) is 0. The molecule has 3 rings (SSSR count). The van der Waals surface area contributed by atoms with E-state index in [0.29, 0.717) is 30.4 Å². The quantitative estimate of drug-likeness (QED) is 0.545. The van der Waals surface area contributed by atoms with Gasteiger partial charge in [0.1, 0.15) is 19.8 Å². The summed E-state index contributed by atoms with van der Waals surface area (Å²) in [5, 5.41) is 1.78. The van der Waals surface area contributed by atoms with Gasteiger partial charge in [0.25, 0.3) is 0 Å². The second kappa shape index (κ2) is 7.26. The Balaban J connectivity index is 1.96. The lowest BCUT2D eigenvalue weighted by atomic mass is 10.2. The first-order valence-corrected chi connectivity index (χ1v) is 11.4. The lowest BCUT2D eigenvalue weighted by Gasteiger charge is -2.01. The summed E-state index contributed by atoms with van der Waals surface area (Å²) in [7, 11) is -3.59. The Hall–Kier alpha value is -1.48. The van der Waals surface area contributed by atoms with E-state index in [1.54, 1.807) is 32.9 Å². The highest BCUT2D eigenvalue weighted by atomic mass is 35.5. The number of thiophene rings is 1. The van der Waals surface area contributed by atoms with Gasteiger partial charge in [-0.15, -0.1) is 22.7 Å². The molecule has 0 fully saturated rings. The van der Waals surface area contributed by atoms with Gasteiger partial charge in [-0.3, -0.25) is 0 Å². The zero-order valence-corrected chi connectivity index (χ0v) is 17.5. The Bertz CT molecular complexity index is 1100. The van der Waals surface area contributed by atoms with Crippen LogP contribution in [0.3, 0.4) is 0 Å². The zero-order valence-electron chi connectivity index (χ0n) is 14.3. The highest BCUT2D eigenvalue weighted by Crippen LogP contribution is 2.37. The molecule has 0 spiro atoms. The van der Waals surface area contributed by atoms with Gasteiger partial charge in [-0.25, -0.2) is 18.2 Å². The second-order valence-corrected chi connectivity index (χ2v) is 10.4. The molecule has 5 nitrogen and oxygen atoms in total. The Morgan fingerprint density at radius 2 is 2.00 bits per heavy atom. The van der Waals surface area contributed by atoms with Gasteiger partial charge in [-0.2, -0.15) is 0 Å². The number of carbonyl (C=O) groups is 1. The van der Waals surface area contributed by atoms with Gasteiger partial charge in [-0.1, -0.05) is 11.6 Å². The normalized spacial score (nSPS) is 11.8. The molecule has 0 aliphatic heterocycles. The first-order valence-electron chi connectivity index (χ1n) is 7.77. The Morgan fingerprint density at radius 1 is 1.27 bits per heavy atom. The molecule has 0 saturated heterocycles. The second-order valence-electron chi connectivity index (χ2n) is 5.66. The maximum absolute atomic E-state index is 12.9. The summed E-state index contributed by atoms with van der Waals surface area (Å²) in [5.41, 5.74) is 1.17. The minimum absolute atomic E-state index is 0.251. The lowest BCUT2D eigenvalue weighted by Crippen LogP contribution is -2.04. The monoisotopic (exact) mass is 429 g/mol. The molecule has 2 aromatic heterocycles. The first kappa shape index (κ1) is 19.3. The Labute approximate surface area is 164 Å². The van der Waals surface area contributed by atoms with Gasteiger partial charge >= 0.3 is 5.97 Å². The molecular formula is C17H16ClNO4S3. The SMILES string of the molecule is CCOC(=O)c1sc(CS(=O)(=O)c2sc3ccc(Cl)cc3c2C)nc1C. The van der Waals surface area contributed by atoms with E-state index in [9.17, 15) is 13.2 Å². The molecule has 0 aliphatic rings. The van der Waals surface area contributed by atoms with Crippen molar-refractivity contribution in [3.63, 3.8) is 0 Å². The van der Waals surface area contributed by atoms with Crippen LogP contribution in [0.4, 0.5) is 0 Å². The minimum atomic E-state index is -3.59. The number of carbonyl (C=O) groups excluding carboxylic acids is 1. The Kier molecular flexibility index (Phi) is 5.39. The standard InChI is InChI=1S/C17H16ClNO4S3/c1-4-23-16(20)15-10(3)19-14(25-15)8-26(21,22)17-9(2)12-7-11(18)5-6-13(12)24-17/h5-7H,4,8H2,1-3H3. The van der Waals surface area contributed by atoms with Crippen molar-refractivity contribution in [1.82, 2.24) is 4.98 Å². The summed E-state index contributed by atoms with van der Waals surface area (Å²) in [5.74, 6) is -0.724. The number of hydrogen-bond acceptors (Lipinski definition) is 7. The van der Waals surface area contributed by atoms with Crippen LogP contribution in [-0.4, -0.2) is 26.0 Å². The number of thiazole rings is 1. The van der Waals surface area contributed by atoms with Crippen molar-refractivity contribution in [2.45, 2.75) is 30.7 Å². The van der Waals surface area contributed by atoms with Crippen molar-refractivity contribution in [1.29, 1.82) is 0 Å².